The zero-order valence-corrected chi connectivity index (χ0v) is 17.6. The van der Waals surface area contributed by atoms with E-state index in [1.165, 1.54) is 54.4 Å². The van der Waals surface area contributed by atoms with Crippen LogP contribution >= 0.6 is 0 Å². The van der Waals surface area contributed by atoms with Crippen molar-refractivity contribution < 1.29 is 0 Å². The summed E-state index contributed by atoms with van der Waals surface area (Å²) in [6, 6.07) is 29.4. The lowest BCUT2D eigenvalue weighted by molar-refractivity contribution is 0.667. The third-order valence-electron chi connectivity index (χ3n) is 4.32. The fourth-order valence-electron chi connectivity index (χ4n) is 2.58. The van der Waals surface area contributed by atoms with Gasteiger partial charge in [0.1, 0.15) is 0 Å². The van der Waals surface area contributed by atoms with Gasteiger partial charge in [0, 0.05) is 0 Å². The molecule has 0 radical (unpaired) electrons. The molecule has 0 heterocycles. The molecule has 3 aromatic rings. The van der Waals surface area contributed by atoms with Gasteiger partial charge in [-0.3, -0.25) is 0 Å². The zero-order chi connectivity index (χ0) is 19.7. The van der Waals surface area contributed by atoms with Crippen LogP contribution in [0.1, 0.15) is 54.9 Å². The maximum absolute atomic E-state index is 2.26. The average Bonchev–Trinajstić information content (AvgIpc) is 2.69. The van der Waals surface area contributed by atoms with Crippen molar-refractivity contribution in [2.45, 2.75) is 59.8 Å². The molecule has 0 N–H and O–H groups in total. The normalized spacial score (nSPS) is 9.48. The van der Waals surface area contributed by atoms with Gasteiger partial charge in [0.05, 0.1) is 0 Å². The summed E-state index contributed by atoms with van der Waals surface area (Å²) in [5, 5.41) is 0. The number of unbranched alkanes of at least 4 members (excludes halogenated alkanes) is 3. The first-order valence-electron chi connectivity index (χ1n) is 10.2. The topological polar surface area (TPSA) is 0 Å². The lowest BCUT2D eigenvalue weighted by Crippen LogP contribution is -1.85. The van der Waals surface area contributed by atoms with Crippen LogP contribution < -0.4 is 0 Å². The standard InChI is InChI=1S/C13H20.2C7H8/c1-3-4-5-6-7-13-10-8-12(2)9-11-13;2*1-7-5-3-2-4-6-7/h8-11H,3-7H2,1-2H3;2*2-6H,1H3. The van der Waals surface area contributed by atoms with Gasteiger partial charge in [-0.2, -0.15) is 0 Å². The van der Waals surface area contributed by atoms with E-state index in [-0.39, 0.29) is 0 Å². The average molecular weight is 361 g/mol. The van der Waals surface area contributed by atoms with Crippen LogP contribution in [-0.2, 0) is 6.42 Å². The van der Waals surface area contributed by atoms with E-state index in [0.717, 1.165) is 0 Å². The van der Waals surface area contributed by atoms with Gasteiger partial charge in [-0.25, -0.2) is 0 Å². The number of rotatable bonds is 5. The maximum atomic E-state index is 2.26. The Morgan fingerprint density at radius 3 is 1.30 bits per heavy atom. The van der Waals surface area contributed by atoms with Gasteiger partial charge in [0.25, 0.3) is 0 Å². The van der Waals surface area contributed by atoms with Gasteiger partial charge in [-0.05, 0) is 39.2 Å². The van der Waals surface area contributed by atoms with Gasteiger partial charge in [-0.15, -0.1) is 0 Å². The highest BCUT2D eigenvalue weighted by Gasteiger charge is 1.92. The van der Waals surface area contributed by atoms with Crippen molar-refractivity contribution in [3.05, 3.63) is 107 Å². The lowest BCUT2D eigenvalue weighted by atomic mass is 10.1. The van der Waals surface area contributed by atoms with Crippen molar-refractivity contribution >= 4 is 0 Å². The first-order chi connectivity index (χ1) is 13.1. The van der Waals surface area contributed by atoms with E-state index in [0.29, 0.717) is 0 Å². The summed E-state index contributed by atoms with van der Waals surface area (Å²) in [5.41, 5.74) is 5.49. The van der Waals surface area contributed by atoms with Crippen molar-refractivity contribution in [3.8, 4) is 0 Å². The number of aryl methyl sites for hydroxylation is 4. The molecule has 3 rings (SSSR count). The Morgan fingerprint density at radius 1 is 0.481 bits per heavy atom. The Morgan fingerprint density at radius 2 is 0.926 bits per heavy atom. The molecule has 0 saturated carbocycles. The highest BCUT2D eigenvalue weighted by atomic mass is 14.0. The summed E-state index contributed by atoms with van der Waals surface area (Å²) >= 11 is 0. The van der Waals surface area contributed by atoms with Crippen molar-refractivity contribution in [1.82, 2.24) is 0 Å². The lowest BCUT2D eigenvalue weighted by Gasteiger charge is -2.01. The molecule has 0 unspecified atom stereocenters. The molecule has 0 aliphatic rings. The minimum atomic E-state index is 1.25. The third kappa shape index (κ3) is 12.6. The van der Waals surface area contributed by atoms with Crippen LogP contribution in [0, 0.1) is 20.8 Å². The summed E-state index contributed by atoms with van der Waals surface area (Å²) in [4.78, 5) is 0. The van der Waals surface area contributed by atoms with Gasteiger partial charge >= 0.3 is 0 Å². The summed E-state index contributed by atoms with van der Waals surface area (Å²) in [6.45, 7) is 8.56. The van der Waals surface area contributed by atoms with E-state index >= 15 is 0 Å². The van der Waals surface area contributed by atoms with E-state index < -0.39 is 0 Å². The maximum Gasteiger partial charge on any atom is -0.0279 e. The van der Waals surface area contributed by atoms with Crippen LogP contribution in [-0.4, -0.2) is 0 Å². The van der Waals surface area contributed by atoms with Crippen molar-refractivity contribution in [3.63, 3.8) is 0 Å². The number of benzene rings is 3. The fraction of sp³-hybridized carbons (Fsp3) is 0.333. The molecule has 0 aromatic heterocycles. The molecule has 0 nitrogen and oxygen atoms in total. The molecule has 144 valence electrons. The highest BCUT2D eigenvalue weighted by Crippen LogP contribution is 2.08. The predicted octanol–water partition coefficient (Wildman–Crippen LogP) is 8.11. The fourth-order valence-corrected chi connectivity index (χ4v) is 2.58. The van der Waals surface area contributed by atoms with Gasteiger partial charge in [-0.1, -0.05) is 128 Å². The predicted molar refractivity (Wildman–Crippen MR) is 121 cm³/mol. The monoisotopic (exact) mass is 360 g/mol. The Labute approximate surface area is 167 Å². The van der Waals surface area contributed by atoms with Crippen LogP contribution in [0.5, 0.6) is 0 Å². The Kier molecular flexibility index (Phi) is 12.4. The van der Waals surface area contributed by atoms with Gasteiger partial charge in [0.15, 0.2) is 0 Å². The highest BCUT2D eigenvalue weighted by molar-refractivity contribution is 5.21. The molecule has 0 amide bonds. The van der Waals surface area contributed by atoms with Crippen LogP contribution in [0.2, 0.25) is 0 Å². The van der Waals surface area contributed by atoms with Gasteiger partial charge < -0.3 is 0 Å². The Balaban J connectivity index is 0.000000220. The molecule has 0 atom stereocenters. The second-order valence-corrected chi connectivity index (χ2v) is 7.11. The molecular weight excluding hydrogens is 324 g/mol. The molecule has 0 saturated heterocycles. The third-order valence-corrected chi connectivity index (χ3v) is 4.32. The zero-order valence-electron chi connectivity index (χ0n) is 17.6. The quantitative estimate of drug-likeness (QED) is 0.403. The SMILES string of the molecule is CCCCCCc1ccc(C)cc1.Cc1ccccc1.Cc1ccccc1. The summed E-state index contributed by atoms with van der Waals surface area (Å²) in [6.07, 6.45) is 6.68. The summed E-state index contributed by atoms with van der Waals surface area (Å²) in [7, 11) is 0. The molecule has 3 aromatic carbocycles. The van der Waals surface area contributed by atoms with Crippen molar-refractivity contribution in [2.24, 2.45) is 0 Å². The smallest absolute Gasteiger partial charge is 0.0279 e. The van der Waals surface area contributed by atoms with E-state index in [1.54, 1.807) is 0 Å². The first kappa shape index (κ1) is 22.7. The van der Waals surface area contributed by atoms with E-state index in [4.69, 9.17) is 0 Å². The Hall–Kier alpha value is -2.34. The van der Waals surface area contributed by atoms with Crippen LogP contribution in [0.25, 0.3) is 0 Å². The summed E-state index contributed by atoms with van der Waals surface area (Å²) in [5.74, 6) is 0. The van der Waals surface area contributed by atoms with Crippen molar-refractivity contribution in [1.29, 1.82) is 0 Å². The molecule has 0 fully saturated rings. The molecule has 0 bridgehead atoms. The molecular formula is C27H36. The summed E-state index contributed by atoms with van der Waals surface area (Å²) < 4.78 is 0. The molecule has 27 heavy (non-hydrogen) atoms. The molecule has 0 heteroatoms. The Bertz CT molecular complexity index is 644. The van der Waals surface area contributed by atoms with Crippen LogP contribution in [0.4, 0.5) is 0 Å². The van der Waals surface area contributed by atoms with Crippen LogP contribution in [0.15, 0.2) is 84.9 Å². The molecule has 0 aliphatic carbocycles. The van der Waals surface area contributed by atoms with Crippen molar-refractivity contribution in [2.75, 3.05) is 0 Å². The largest absolute Gasteiger partial charge is 0.0654 e. The van der Waals surface area contributed by atoms with Crippen LogP contribution in [0.3, 0.4) is 0 Å². The van der Waals surface area contributed by atoms with E-state index in [9.17, 15) is 0 Å². The number of hydrogen-bond donors (Lipinski definition) is 0. The molecule has 0 spiro atoms. The first-order valence-corrected chi connectivity index (χ1v) is 10.2. The minimum Gasteiger partial charge on any atom is -0.0654 e. The second-order valence-electron chi connectivity index (χ2n) is 7.11. The minimum absolute atomic E-state index is 1.25. The second kappa shape index (κ2) is 14.8. The van der Waals surface area contributed by atoms with E-state index in [1.807, 2.05) is 36.4 Å². The van der Waals surface area contributed by atoms with E-state index in [2.05, 4.69) is 76.2 Å². The number of hydrogen-bond acceptors (Lipinski definition) is 0. The molecule has 0 aliphatic heterocycles. The van der Waals surface area contributed by atoms with Gasteiger partial charge in [0.2, 0.25) is 0 Å².